The van der Waals surface area contributed by atoms with Crippen LogP contribution >= 0.6 is 0 Å². The highest BCUT2D eigenvalue weighted by atomic mass is 16.2. The van der Waals surface area contributed by atoms with Crippen LogP contribution in [0.2, 0.25) is 0 Å². The predicted octanol–water partition coefficient (Wildman–Crippen LogP) is 4.37. The van der Waals surface area contributed by atoms with Gasteiger partial charge in [0, 0.05) is 18.9 Å². The molecule has 0 amide bonds. The van der Waals surface area contributed by atoms with E-state index in [0.29, 0.717) is 23.5 Å². The third-order valence-electron chi connectivity index (χ3n) is 5.06. The normalized spacial score (nSPS) is 29.0. The summed E-state index contributed by atoms with van der Waals surface area (Å²) >= 11 is 0. The van der Waals surface area contributed by atoms with Crippen LogP contribution in [0.25, 0.3) is 0 Å². The van der Waals surface area contributed by atoms with Gasteiger partial charge in [0.15, 0.2) is 0 Å². The first-order valence-electron chi connectivity index (χ1n) is 8.23. The second-order valence-corrected chi connectivity index (χ2v) is 6.93. The van der Waals surface area contributed by atoms with Gasteiger partial charge in [0.05, 0.1) is 0 Å². The molecule has 20 heavy (non-hydrogen) atoms. The van der Waals surface area contributed by atoms with Crippen LogP contribution in [-0.2, 0) is 4.79 Å². The summed E-state index contributed by atoms with van der Waals surface area (Å²) in [7, 11) is 0. The van der Waals surface area contributed by atoms with E-state index in [0.717, 1.165) is 44.9 Å². The molecule has 2 heteroatoms. The number of hydrogen-bond donors (Lipinski definition) is 1. The SMILES string of the molecule is C=C(C)CC[C@H](C)[C@@H]1CC[C@@H](C)[C@H](CCCO)CC1=O. The van der Waals surface area contributed by atoms with Crippen LogP contribution in [0.15, 0.2) is 12.2 Å². The Morgan fingerprint density at radius 3 is 2.75 bits per heavy atom. The molecular formula is C18H32O2. The maximum atomic E-state index is 12.5. The number of rotatable bonds is 7. The largest absolute Gasteiger partial charge is 0.396 e. The van der Waals surface area contributed by atoms with Crippen LogP contribution in [0, 0.1) is 23.7 Å². The third kappa shape index (κ3) is 5.40. The van der Waals surface area contributed by atoms with Crippen molar-refractivity contribution in [3.63, 3.8) is 0 Å². The van der Waals surface area contributed by atoms with Gasteiger partial charge in [0.25, 0.3) is 0 Å². The van der Waals surface area contributed by atoms with Gasteiger partial charge in [-0.3, -0.25) is 4.79 Å². The van der Waals surface area contributed by atoms with Crippen LogP contribution < -0.4 is 0 Å². The lowest BCUT2D eigenvalue weighted by molar-refractivity contribution is -0.125. The lowest BCUT2D eigenvalue weighted by Gasteiger charge is -2.21. The van der Waals surface area contributed by atoms with E-state index < -0.39 is 0 Å². The van der Waals surface area contributed by atoms with Crippen LogP contribution in [0.3, 0.4) is 0 Å². The standard InChI is InChI=1S/C18H32O2/c1-13(2)7-8-15(4)17-10-9-14(3)16(6-5-11-19)12-18(17)20/h14-17,19H,1,5-12H2,2-4H3/t14-,15+,16-,17+/m1/s1. The van der Waals surface area contributed by atoms with Crippen molar-refractivity contribution in [3.8, 4) is 0 Å². The quantitative estimate of drug-likeness (QED) is 0.555. The minimum Gasteiger partial charge on any atom is -0.396 e. The van der Waals surface area contributed by atoms with E-state index in [1.807, 2.05) is 0 Å². The van der Waals surface area contributed by atoms with Crippen molar-refractivity contribution in [1.29, 1.82) is 0 Å². The van der Waals surface area contributed by atoms with Crippen molar-refractivity contribution in [1.82, 2.24) is 0 Å². The molecule has 1 saturated carbocycles. The Hall–Kier alpha value is -0.630. The molecule has 1 fully saturated rings. The van der Waals surface area contributed by atoms with Crippen molar-refractivity contribution in [3.05, 3.63) is 12.2 Å². The smallest absolute Gasteiger partial charge is 0.136 e. The maximum absolute atomic E-state index is 12.5. The van der Waals surface area contributed by atoms with Crippen molar-refractivity contribution in [2.45, 2.75) is 65.7 Å². The summed E-state index contributed by atoms with van der Waals surface area (Å²) in [6, 6.07) is 0. The van der Waals surface area contributed by atoms with E-state index in [1.165, 1.54) is 5.57 Å². The fourth-order valence-corrected chi connectivity index (χ4v) is 3.47. The molecule has 0 bridgehead atoms. The summed E-state index contributed by atoms with van der Waals surface area (Å²) in [6.45, 7) is 10.8. The summed E-state index contributed by atoms with van der Waals surface area (Å²) in [6.07, 6.45) is 6.88. The molecule has 2 nitrogen and oxygen atoms in total. The second kappa shape index (κ2) is 8.61. The van der Waals surface area contributed by atoms with Crippen LogP contribution in [0.5, 0.6) is 0 Å². The van der Waals surface area contributed by atoms with Crippen molar-refractivity contribution < 1.29 is 9.90 Å². The van der Waals surface area contributed by atoms with E-state index >= 15 is 0 Å². The van der Waals surface area contributed by atoms with Crippen LogP contribution in [0.1, 0.15) is 65.7 Å². The van der Waals surface area contributed by atoms with Crippen LogP contribution in [-0.4, -0.2) is 17.5 Å². The lowest BCUT2D eigenvalue weighted by Crippen LogP contribution is -2.22. The van der Waals surface area contributed by atoms with E-state index in [2.05, 4.69) is 27.4 Å². The Kier molecular flexibility index (Phi) is 7.50. The molecule has 0 aromatic carbocycles. The molecule has 0 aliphatic heterocycles. The third-order valence-corrected chi connectivity index (χ3v) is 5.06. The van der Waals surface area contributed by atoms with Gasteiger partial charge in [-0.25, -0.2) is 0 Å². The van der Waals surface area contributed by atoms with Gasteiger partial charge in [0.2, 0.25) is 0 Å². The molecule has 1 N–H and O–H groups in total. The number of Topliss-reactive ketones (excluding diaryl/α,β-unsaturated/α-hetero) is 1. The first kappa shape index (κ1) is 17.4. The van der Waals surface area contributed by atoms with Gasteiger partial charge in [-0.2, -0.15) is 0 Å². The first-order chi connectivity index (χ1) is 9.45. The first-order valence-corrected chi connectivity index (χ1v) is 8.23. The summed E-state index contributed by atoms with van der Waals surface area (Å²) in [5, 5.41) is 8.99. The number of allylic oxidation sites excluding steroid dienone is 1. The van der Waals surface area contributed by atoms with Gasteiger partial charge in [-0.15, -0.1) is 6.58 Å². The molecule has 0 aromatic rings. The highest BCUT2D eigenvalue weighted by Crippen LogP contribution is 2.36. The molecule has 4 atom stereocenters. The minimum atomic E-state index is 0.246. The Balaban J connectivity index is 2.58. The van der Waals surface area contributed by atoms with Crippen molar-refractivity contribution >= 4 is 5.78 Å². The molecule has 0 unspecified atom stereocenters. The maximum Gasteiger partial charge on any atom is 0.136 e. The molecular weight excluding hydrogens is 248 g/mol. The van der Waals surface area contributed by atoms with Crippen LogP contribution in [0.4, 0.5) is 0 Å². The number of carbonyl (C=O) groups is 1. The molecule has 116 valence electrons. The summed E-state index contributed by atoms with van der Waals surface area (Å²) in [5.41, 5.74) is 1.21. The highest BCUT2D eigenvalue weighted by Gasteiger charge is 2.32. The number of aliphatic hydroxyl groups excluding tert-OH is 1. The van der Waals surface area contributed by atoms with Gasteiger partial charge >= 0.3 is 0 Å². The number of hydrogen-bond acceptors (Lipinski definition) is 2. The number of carbonyl (C=O) groups excluding carboxylic acids is 1. The molecule has 0 heterocycles. The summed E-state index contributed by atoms with van der Waals surface area (Å²) in [5.74, 6) is 2.28. The van der Waals surface area contributed by atoms with E-state index in [4.69, 9.17) is 5.11 Å². The Bertz CT molecular complexity index is 321. The topological polar surface area (TPSA) is 37.3 Å². The predicted molar refractivity (Wildman–Crippen MR) is 84.5 cm³/mol. The zero-order valence-electron chi connectivity index (χ0n) is 13.5. The van der Waals surface area contributed by atoms with E-state index in [-0.39, 0.29) is 12.5 Å². The van der Waals surface area contributed by atoms with Gasteiger partial charge in [0.1, 0.15) is 5.78 Å². The highest BCUT2D eigenvalue weighted by molar-refractivity contribution is 5.81. The van der Waals surface area contributed by atoms with Crippen molar-refractivity contribution in [2.24, 2.45) is 23.7 Å². The second-order valence-electron chi connectivity index (χ2n) is 6.93. The number of aliphatic hydroxyl groups is 1. The average Bonchev–Trinajstić information content (AvgIpc) is 2.53. The fraction of sp³-hybridized carbons (Fsp3) is 0.833. The zero-order valence-corrected chi connectivity index (χ0v) is 13.5. The molecule has 0 aromatic heterocycles. The fourth-order valence-electron chi connectivity index (χ4n) is 3.47. The molecule has 1 aliphatic carbocycles. The molecule has 1 rings (SSSR count). The molecule has 0 spiro atoms. The summed E-state index contributed by atoms with van der Waals surface area (Å²) < 4.78 is 0. The molecule has 1 aliphatic rings. The molecule has 0 saturated heterocycles. The number of ketones is 1. The Morgan fingerprint density at radius 2 is 2.15 bits per heavy atom. The van der Waals surface area contributed by atoms with Gasteiger partial charge in [-0.05, 0) is 63.2 Å². The van der Waals surface area contributed by atoms with E-state index in [1.54, 1.807) is 0 Å². The lowest BCUT2D eigenvalue weighted by atomic mass is 9.82. The van der Waals surface area contributed by atoms with Gasteiger partial charge < -0.3 is 5.11 Å². The minimum absolute atomic E-state index is 0.246. The van der Waals surface area contributed by atoms with E-state index in [9.17, 15) is 4.79 Å². The monoisotopic (exact) mass is 280 g/mol. The zero-order chi connectivity index (χ0) is 15.1. The Labute approximate surface area is 124 Å². The van der Waals surface area contributed by atoms with Gasteiger partial charge in [-0.1, -0.05) is 19.4 Å². The average molecular weight is 280 g/mol. The van der Waals surface area contributed by atoms with Crippen molar-refractivity contribution in [2.75, 3.05) is 6.61 Å². The molecule has 0 radical (unpaired) electrons. The Morgan fingerprint density at radius 1 is 1.45 bits per heavy atom. The summed E-state index contributed by atoms with van der Waals surface area (Å²) in [4.78, 5) is 12.5.